The largest absolute Gasteiger partial charge is 0.480 e. The minimum absolute atomic E-state index is 0.00129. The first-order valence-electron chi connectivity index (χ1n) is 7.64. The lowest BCUT2D eigenvalue weighted by molar-refractivity contribution is -0.139. The third kappa shape index (κ3) is 10.6. The van der Waals surface area contributed by atoms with Gasteiger partial charge in [-0.05, 0) is 25.3 Å². The monoisotopic (exact) mass is 331 g/mol. The average molecular weight is 331 g/mol. The van der Waals surface area contributed by atoms with E-state index >= 15 is 0 Å². The Hall–Kier alpha value is -1.71. The van der Waals surface area contributed by atoms with Crippen LogP contribution in [0.2, 0.25) is 0 Å². The van der Waals surface area contributed by atoms with Gasteiger partial charge in [0.2, 0.25) is 11.8 Å². The molecule has 0 spiro atoms. The number of carbonyl (C=O) groups is 3. The van der Waals surface area contributed by atoms with Crippen molar-refractivity contribution in [1.82, 2.24) is 15.8 Å². The highest BCUT2D eigenvalue weighted by Gasteiger charge is 2.21. The molecule has 0 aliphatic rings. The topological polar surface area (TPSA) is 151 Å². The molecule has 0 saturated heterocycles. The maximum absolute atomic E-state index is 12.0. The van der Waals surface area contributed by atoms with Crippen molar-refractivity contribution in [2.24, 2.45) is 17.4 Å². The molecule has 0 radical (unpaired) electrons. The maximum atomic E-state index is 12.0. The van der Waals surface area contributed by atoms with Crippen LogP contribution in [-0.4, -0.2) is 60.1 Å². The highest BCUT2D eigenvalue weighted by atomic mass is 16.4. The van der Waals surface area contributed by atoms with Crippen LogP contribution in [0.15, 0.2) is 0 Å². The number of nitrogens with two attached hydrogens (primary N) is 2. The van der Waals surface area contributed by atoms with Crippen molar-refractivity contribution in [3.05, 3.63) is 0 Å². The number of hydrogen-bond acceptors (Lipinski definition) is 6. The molecule has 0 heterocycles. The molecular weight excluding hydrogens is 302 g/mol. The summed E-state index contributed by atoms with van der Waals surface area (Å²) in [7, 11) is 1.45. The Morgan fingerprint density at radius 1 is 1.26 bits per heavy atom. The Kier molecular flexibility index (Phi) is 10.1. The van der Waals surface area contributed by atoms with Crippen LogP contribution in [0.5, 0.6) is 0 Å². The Bertz CT molecular complexity index is 403. The molecular formula is C14H29N5O4. The van der Waals surface area contributed by atoms with Gasteiger partial charge in [0.05, 0.1) is 6.04 Å². The normalized spacial score (nSPS) is 13.7. The number of rotatable bonds is 11. The Labute approximate surface area is 136 Å². The number of nitrogens with zero attached hydrogens (tertiary/aromatic N) is 1. The molecule has 0 aromatic heterocycles. The Balaban J connectivity index is 4.47. The van der Waals surface area contributed by atoms with Crippen molar-refractivity contribution >= 4 is 17.8 Å². The van der Waals surface area contributed by atoms with E-state index in [1.165, 1.54) is 7.05 Å². The van der Waals surface area contributed by atoms with Crippen molar-refractivity contribution in [2.45, 2.75) is 45.2 Å². The molecule has 2 atom stereocenters. The summed E-state index contributed by atoms with van der Waals surface area (Å²) in [6, 6.07) is -1.07. The second-order valence-corrected chi connectivity index (χ2v) is 6.01. The first-order chi connectivity index (χ1) is 10.6. The van der Waals surface area contributed by atoms with Crippen molar-refractivity contribution in [3.8, 4) is 0 Å². The van der Waals surface area contributed by atoms with Crippen LogP contribution in [0.3, 0.4) is 0 Å². The van der Waals surface area contributed by atoms with E-state index in [9.17, 15) is 14.4 Å². The molecule has 0 aromatic rings. The first kappa shape index (κ1) is 21.3. The minimum Gasteiger partial charge on any atom is -0.480 e. The zero-order valence-electron chi connectivity index (χ0n) is 14.0. The summed E-state index contributed by atoms with van der Waals surface area (Å²) in [4.78, 5) is 34.4. The van der Waals surface area contributed by atoms with Crippen LogP contribution < -0.4 is 22.2 Å². The third-order valence-electron chi connectivity index (χ3n) is 3.04. The van der Waals surface area contributed by atoms with Crippen LogP contribution in [0.1, 0.15) is 33.1 Å². The summed E-state index contributed by atoms with van der Waals surface area (Å²) in [6.45, 7) is 3.92. The first-order valence-corrected chi connectivity index (χ1v) is 7.64. The van der Waals surface area contributed by atoms with Gasteiger partial charge in [0.25, 0.3) is 0 Å². The number of carboxylic acid groups (broad SMARTS) is 1. The molecule has 9 nitrogen and oxygen atoms in total. The number of hydrogen-bond donors (Lipinski definition) is 5. The van der Waals surface area contributed by atoms with E-state index in [0.29, 0.717) is 19.4 Å². The molecule has 0 aliphatic heterocycles. The van der Waals surface area contributed by atoms with Crippen LogP contribution >= 0.6 is 0 Å². The van der Waals surface area contributed by atoms with Gasteiger partial charge < -0.3 is 21.9 Å². The van der Waals surface area contributed by atoms with Crippen LogP contribution in [-0.2, 0) is 14.4 Å². The molecule has 9 heteroatoms. The van der Waals surface area contributed by atoms with E-state index in [4.69, 9.17) is 16.6 Å². The summed E-state index contributed by atoms with van der Waals surface area (Å²) in [5.74, 6) is -1.48. The molecule has 23 heavy (non-hydrogen) atoms. The van der Waals surface area contributed by atoms with Crippen molar-refractivity contribution in [2.75, 3.05) is 20.1 Å². The Morgan fingerprint density at radius 3 is 2.35 bits per heavy atom. The van der Waals surface area contributed by atoms with Crippen molar-refractivity contribution in [1.29, 1.82) is 0 Å². The minimum atomic E-state index is -1.06. The van der Waals surface area contributed by atoms with Crippen molar-refractivity contribution < 1.29 is 19.5 Å². The zero-order chi connectivity index (χ0) is 18.0. The van der Waals surface area contributed by atoms with Crippen molar-refractivity contribution in [3.63, 3.8) is 0 Å². The van der Waals surface area contributed by atoms with Crippen LogP contribution in [0.25, 0.3) is 0 Å². The molecule has 0 saturated carbocycles. The molecule has 0 rings (SSSR count). The van der Waals surface area contributed by atoms with Crippen LogP contribution in [0, 0.1) is 5.92 Å². The lowest BCUT2D eigenvalue weighted by atomic mass is 10.0. The van der Waals surface area contributed by atoms with E-state index in [1.54, 1.807) is 0 Å². The van der Waals surface area contributed by atoms with E-state index in [2.05, 4.69) is 10.7 Å². The number of carbonyl (C=O) groups excluding carboxylic acids is 2. The fourth-order valence-corrected chi connectivity index (χ4v) is 2.07. The summed E-state index contributed by atoms with van der Waals surface area (Å²) >= 11 is 0. The summed E-state index contributed by atoms with van der Waals surface area (Å²) in [6.07, 6.45) is 0.978. The zero-order valence-corrected chi connectivity index (χ0v) is 14.0. The van der Waals surface area contributed by atoms with E-state index in [-0.39, 0.29) is 24.8 Å². The highest BCUT2D eigenvalue weighted by Crippen LogP contribution is 2.04. The van der Waals surface area contributed by atoms with Gasteiger partial charge in [-0.3, -0.25) is 19.8 Å². The third-order valence-corrected chi connectivity index (χ3v) is 3.04. The molecule has 7 N–H and O–H groups in total. The fraction of sp³-hybridized carbons (Fsp3) is 0.786. The predicted octanol–water partition coefficient (Wildman–Crippen LogP) is -1.37. The number of nitrogens with one attached hydrogen (secondary N) is 2. The summed E-state index contributed by atoms with van der Waals surface area (Å²) in [5, 5.41) is 12.5. The molecule has 0 fully saturated rings. The number of likely N-dealkylation sites (N-methyl/N-ethyl adjacent to an activating group) is 1. The second-order valence-electron chi connectivity index (χ2n) is 6.01. The smallest absolute Gasteiger partial charge is 0.319 e. The van der Waals surface area contributed by atoms with Gasteiger partial charge in [-0.1, -0.05) is 13.8 Å². The molecule has 0 bridgehead atoms. The molecule has 134 valence electrons. The summed E-state index contributed by atoms with van der Waals surface area (Å²) < 4.78 is 0. The molecule has 2 amide bonds. The van der Waals surface area contributed by atoms with Gasteiger partial charge in [0, 0.05) is 19.5 Å². The predicted molar refractivity (Wildman–Crippen MR) is 86.1 cm³/mol. The van der Waals surface area contributed by atoms with E-state index in [0.717, 1.165) is 5.01 Å². The van der Waals surface area contributed by atoms with Gasteiger partial charge in [0.1, 0.15) is 6.54 Å². The fourth-order valence-electron chi connectivity index (χ4n) is 2.07. The van der Waals surface area contributed by atoms with Gasteiger partial charge in [-0.25, -0.2) is 5.01 Å². The lowest BCUT2D eigenvalue weighted by Gasteiger charge is -2.22. The number of aliphatic carboxylic acids is 1. The average Bonchev–Trinajstić information content (AvgIpc) is 2.36. The quantitative estimate of drug-likeness (QED) is 0.293. The maximum Gasteiger partial charge on any atom is 0.319 e. The SMILES string of the molecule is CC(C)C[C@H](N)C(=O)N[C@@H](CCN)CC(=O)NN(C)CC(=O)O. The number of amides is 2. The van der Waals surface area contributed by atoms with Gasteiger partial charge in [-0.2, -0.15) is 0 Å². The van der Waals surface area contributed by atoms with Gasteiger partial charge in [-0.15, -0.1) is 0 Å². The van der Waals surface area contributed by atoms with Gasteiger partial charge >= 0.3 is 5.97 Å². The number of hydrazine groups is 1. The Morgan fingerprint density at radius 2 is 1.87 bits per heavy atom. The lowest BCUT2D eigenvalue weighted by Crippen LogP contribution is -2.49. The second kappa shape index (κ2) is 10.9. The van der Waals surface area contributed by atoms with Gasteiger partial charge in [0.15, 0.2) is 0 Å². The molecule has 0 aromatic carbocycles. The highest BCUT2D eigenvalue weighted by molar-refractivity contribution is 5.83. The summed E-state index contributed by atoms with van der Waals surface area (Å²) in [5.41, 5.74) is 13.7. The van der Waals surface area contributed by atoms with E-state index in [1.807, 2.05) is 13.8 Å². The van der Waals surface area contributed by atoms with E-state index < -0.39 is 24.0 Å². The van der Waals surface area contributed by atoms with Crippen LogP contribution in [0.4, 0.5) is 0 Å². The number of carboxylic acids is 1. The standard InChI is InChI=1S/C14H29N5O4/c1-9(2)6-11(16)14(23)17-10(4-5-15)7-12(20)18-19(3)8-13(21)22/h9-11H,4-8,15-16H2,1-3H3,(H,17,23)(H,18,20)(H,21,22)/t10-,11-/m0/s1. The molecule has 0 aliphatic carbocycles. The molecule has 0 unspecified atom stereocenters.